The number of aryl methyl sites for hydroxylation is 2. The lowest BCUT2D eigenvalue weighted by Gasteiger charge is -2.08. The highest BCUT2D eigenvalue weighted by molar-refractivity contribution is 7.80. The number of thiazole rings is 1. The molecule has 1 heterocycles. The molecule has 0 saturated carbocycles. The summed E-state index contributed by atoms with van der Waals surface area (Å²) in [7, 11) is 0. The van der Waals surface area contributed by atoms with Gasteiger partial charge in [-0.1, -0.05) is 30.3 Å². The number of fused-ring (bicyclic) bond motifs is 1. The molecule has 0 unspecified atom stereocenters. The molecular formula is C16H19N3S2. The van der Waals surface area contributed by atoms with Crippen molar-refractivity contribution in [3.63, 3.8) is 0 Å². The topological polar surface area (TPSA) is 37.0 Å². The maximum atomic E-state index is 5.34. The molecule has 1 aliphatic rings. The summed E-state index contributed by atoms with van der Waals surface area (Å²) in [6.45, 7) is 0.834. The average molecular weight is 317 g/mol. The molecule has 1 aliphatic carbocycles. The first-order valence-electron chi connectivity index (χ1n) is 7.38. The summed E-state index contributed by atoms with van der Waals surface area (Å²) in [5.74, 6) is 0. The van der Waals surface area contributed by atoms with Crippen molar-refractivity contribution in [2.45, 2.75) is 32.1 Å². The third-order valence-corrected chi connectivity index (χ3v) is 4.93. The van der Waals surface area contributed by atoms with Gasteiger partial charge in [-0.15, -0.1) is 11.3 Å². The van der Waals surface area contributed by atoms with E-state index in [1.165, 1.54) is 35.4 Å². The lowest BCUT2D eigenvalue weighted by molar-refractivity contribution is 0.683. The van der Waals surface area contributed by atoms with Gasteiger partial charge in [0, 0.05) is 11.4 Å². The Morgan fingerprint density at radius 2 is 2.00 bits per heavy atom. The first-order chi connectivity index (χ1) is 10.3. The zero-order valence-corrected chi connectivity index (χ0v) is 13.5. The van der Waals surface area contributed by atoms with Crippen molar-refractivity contribution in [3.05, 3.63) is 46.5 Å². The second-order valence-electron chi connectivity index (χ2n) is 5.21. The van der Waals surface area contributed by atoms with E-state index in [2.05, 4.69) is 39.9 Å². The first-order valence-corrected chi connectivity index (χ1v) is 8.61. The van der Waals surface area contributed by atoms with E-state index in [1.807, 2.05) is 6.07 Å². The molecule has 2 N–H and O–H groups in total. The fraction of sp³-hybridized carbons (Fsp3) is 0.375. The summed E-state index contributed by atoms with van der Waals surface area (Å²) < 4.78 is 0. The van der Waals surface area contributed by atoms with Crippen LogP contribution in [-0.4, -0.2) is 16.6 Å². The van der Waals surface area contributed by atoms with Gasteiger partial charge in [-0.25, -0.2) is 4.98 Å². The van der Waals surface area contributed by atoms with Crippen molar-refractivity contribution in [2.75, 3.05) is 11.9 Å². The Morgan fingerprint density at radius 3 is 2.81 bits per heavy atom. The highest BCUT2D eigenvalue weighted by atomic mass is 32.1. The van der Waals surface area contributed by atoms with Crippen molar-refractivity contribution in [1.29, 1.82) is 0 Å². The first kappa shape index (κ1) is 14.5. The number of aromatic nitrogens is 1. The van der Waals surface area contributed by atoms with Gasteiger partial charge in [0.05, 0.1) is 5.69 Å². The van der Waals surface area contributed by atoms with Gasteiger partial charge in [0.25, 0.3) is 0 Å². The average Bonchev–Trinajstić information content (AvgIpc) is 2.90. The summed E-state index contributed by atoms with van der Waals surface area (Å²) in [6.07, 6.45) is 5.80. The number of hydrogen-bond donors (Lipinski definition) is 2. The molecule has 110 valence electrons. The van der Waals surface area contributed by atoms with E-state index in [0.29, 0.717) is 5.11 Å². The van der Waals surface area contributed by atoms with Crippen LogP contribution in [0.2, 0.25) is 0 Å². The highest BCUT2D eigenvalue weighted by Gasteiger charge is 2.15. The Bertz CT molecular complexity index is 584. The second-order valence-corrected chi connectivity index (χ2v) is 6.70. The summed E-state index contributed by atoms with van der Waals surface area (Å²) in [6, 6.07) is 10.4. The molecule has 1 aromatic carbocycles. The van der Waals surface area contributed by atoms with Crippen molar-refractivity contribution >= 4 is 33.8 Å². The predicted octanol–water partition coefficient (Wildman–Crippen LogP) is 3.55. The van der Waals surface area contributed by atoms with Crippen LogP contribution in [0.25, 0.3) is 0 Å². The third-order valence-electron chi connectivity index (χ3n) is 3.61. The second kappa shape index (κ2) is 7.00. The Morgan fingerprint density at radius 1 is 1.19 bits per heavy atom. The van der Waals surface area contributed by atoms with Crippen molar-refractivity contribution < 1.29 is 0 Å². The van der Waals surface area contributed by atoms with Crippen LogP contribution in [0.4, 0.5) is 5.13 Å². The molecule has 0 spiro atoms. The molecule has 2 aromatic rings. The van der Waals surface area contributed by atoms with Gasteiger partial charge in [0.1, 0.15) is 0 Å². The van der Waals surface area contributed by atoms with Crippen LogP contribution in [0.1, 0.15) is 29.0 Å². The van der Waals surface area contributed by atoms with Gasteiger partial charge in [0.15, 0.2) is 10.2 Å². The van der Waals surface area contributed by atoms with E-state index < -0.39 is 0 Å². The van der Waals surface area contributed by atoms with E-state index in [4.69, 9.17) is 12.2 Å². The number of rotatable bonds is 4. The van der Waals surface area contributed by atoms with E-state index in [0.717, 1.165) is 24.5 Å². The molecule has 5 heteroatoms. The summed E-state index contributed by atoms with van der Waals surface area (Å²) in [4.78, 5) is 6.06. The zero-order chi connectivity index (χ0) is 14.5. The van der Waals surface area contributed by atoms with Gasteiger partial charge >= 0.3 is 0 Å². The van der Waals surface area contributed by atoms with Gasteiger partial charge in [0.2, 0.25) is 0 Å². The van der Waals surface area contributed by atoms with Gasteiger partial charge in [-0.2, -0.15) is 0 Å². The molecule has 0 fully saturated rings. The standard InChI is InChI=1S/C16H19N3S2/c20-15(17-11-10-12-6-2-1-3-7-12)19-16-18-13-8-4-5-9-14(13)21-16/h1-3,6-7H,4-5,8-11H2,(H2,17,18,19,20). The molecule has 1 aromatic heterocycles. The zero-order valence-electron chi connectivity index (χ0n) is 11.9. The quantitative estimate of drug-likeness (QED) is 0.846. The van der Waals surface area contributed by atoms with Crippen LogP contribution < -0.4 is 10.6 Å². The summed E-state index contributed by atoms with van der Waals surface area (Å²) in [5.41, 5.74) is 2.58. The largest absolute Gasteiger partial charge is 0.362 e. The summed E-state index contributed by atoms with van der Waals surface area (Å²) >= 11 is 7.08. The lowest BCUT2D eigenvalue weighted by Crippen LogP contribution is -2.30. The van der Waals surface area contributed by atoms with Gasteiger partial charge in [-0.05, 0) is 49.9 Å². The van der Waals surface area contributed by atoms with Crippen LogP contribution in [0.15, 0.2) is 30.3 Å². The number of benzene rings is 1. The van der Waals surface area contributed by atoms with Crippen molar-refractivity contribution in [3.8, 4) is 0 Å². The molecule has 0 bridgehead atoms. The SMILES string of the molecule is S=C(NCCc1ccccc1)Nc1nc2c(s1)CCCC2. The Balaban J connectivity index is 1.47. The minimum Gasteiger partial charge on any atom is -0.362 e. The van der Waals surface area contributed by atoms with Crippen molar-refractivity contribution in [1.82, 2.24) is 10.3 Å². The fourth-order valence-corrected chi connectivity index (χ4v) is 3.83. The number of nitrogens with zero attached hydrogens (tertiary/aromatic N) is 1. The number of hydrogen-bond acceptors (Lipinski definition) is 3. The molecule has 0 aliphatic heterocycles. The Hall–Kier alpha value is -1.46. The normalized spacial score (nSPS) is 13.5. The molecule has 0 atom stereocenters. The maximum Gasteiger partial charge on any atom is 0.189 e. The van der Waals surface area contributed by atoms with Crippen LogP contribution in [0, 0.1) is 0 Å². The van der Waals surface area contributed by atoms with Crippen molar-refractivity contribution in [2.24, 2.45) is 0 Å². The Labute approximate surface area is 134 Å². The van der Waals surface area contributed by atoms with Gasteiger partial charge < -0.3 is 10.6 Å². The van der Waals surface area contributed by atoms with Crippen LogP contribution in [0.3, 0.4) is 0 Å². The molecule has 3 rings (SSSR count). The minimum absolute atomic E-state index is 0.664. The van der Waals surface area contributed by atoms with E-state index >= 15 is 0 Å². The number of thiocarbonyl (C=S) groups is 1. The van der Waals surface area contributed by atoms with Crippen LogP contribution >= 0.6 is 23.6 Å². The van der Waals surface area contributed by atoms with Crippen LogP contribution in [0.5, 0.6) is 0 Å². The smallest absolute Gasteiger partial charge is 0.189 e. The maximum absolute atomic E-state index is 5.34. The molecule has 0 radical (unpaired) electrons. The Kier molecular flexibility index (Phi) is 4.83. The predicted molar refractivity (Wildman–Crippen MR) is 93.1 cm³/mol. The summed E-state index contributed by atoms with van der Waals surface area (Å²) in [5, 5.41) is 8.05. The third kappa shape index (κ3) is 4.02. The molecular weight excluding hydrogens is 298 g/mol. The van der Waals surface area contributed by atoms with E-state index in [9.17, 15) is 0 Å². The molecule has 0 saturated heterocycles. The minimum atomic E-state index is 0.664. The molecule has 0 amide bonds. The highest BCUT2D eigenvalue weighted by Crippen LogP contribution is 2.29. The lowest BCUT2D eigenvalue weighted by atomic mass is 10.0. The number of anilines is 1. The molecule has 3 nitrogen and oxygen atoms in total. The van der Waals surface area contributed by atoms with Gasteiger partial charge in [-0.3, -0.25) is 0 Å². The monoisotopic (exact) mass is 317 g/mol. The number of nitrogens with one attached hydrogen (secondary N) is 2. The fourth-order valence-electron chi connectivity index (χ4n) is 2.51. The molecule has 21 heavy (non-hydrogen) atoms. The van der Waals surface area contributed by atoms with E-state index in [-0.39, 0.29) is 0 Å². The van der Waals surface area contributed by atoms with Crippen LogP contribution in [-0.2, 0) is 19.3 Å². The van der Waals surface area contributed by atoms with E-state index in [1.54, 1.807) is 11.3 Å².